The first-order valence-electron chi connectivity index (χ1n) is 7.64. The Kier molecular flexibility index (Phi) is 5.84. The summed E-state index contributed by atoms with van der Waals surface area (Å²) in [5.74, 6) is -1.08. The largest absolute Gasteiger partial charge is 0.297 e. The molecule has 2 rings (SSSR count). The molecule has 0 spiro atoms. The average molecular weight is 397 g/mol. The van der Waals surface area contributed by atoms with E-state index >= 15 is 0 Å². The highest BCUT2D eigenvalue weighted by Gasteiger charge is 2.27. The maximum atomic E-state index is 12.2. The van der Waals surface area contributed by atoms with Crippen LogP contribution >= 0.6 is 0 Å². The first kappa shape index (κ1) is 20.1. The standard InChI is InChI=1S/C17H19NO6S2/c1-12-4-8-15(9-5-12)25(20,21)18-17(19)14(3)24-26(22,23)16-10-6-13(2)7-11-16/h4-11,14H,1-3H3,(H,18,19)/t14-/m1/s1. The van der Waals surface area contributed by atoms with Gasteiger partial charge in [0.05, 0.1) is 9.79 Å². The van der Waals surface area contributed by atoms with Gasteiger partial charge in [-0.25, -0.2) is 13.1 Å². The van der Waals surface area contributed by atoms with E-state index in [1.54, 1.807) is 38.1 Å². The van der Waals surface area contributed by atoms with Crippen LogP contribution in [0.3, 0.4) is 0 Å². The number of carbonyl (C=O) groups excluding carboxylic acids is 1. The zero-order valence-electron chi connectivity index (χ0n) is 14.5. The van der Waals surface area contributed by atoms with Crippen LogP contribution < -0.4 is 4.72 Å². The van der Waals surface area contributed by atoms with Crippen LogP contribution in [0, 0.1) is 13.8 Å². The summed E-state index contributed by atoms with van der Waals surface area (Å²) in [5, 5.41) is 0. The average Bonchev–Trinajstić information content (AvgIpc) is 2.54. The van der Waals surface area contributed by atoms with Crippen LogP contribution in [0.25, 0.3) is 0 Å². The highest BCUT2D eigenvalue weighted by molar-refractivity contribution is 7.90. The van der Waals surface area contributed by atoms with Crippen molar-refractivity contribution in [3.63, 3.8) is 0 Å². The molecule has 2 aromatic carbocycles. The van der Waals surface area contributed by atoms with Crippen molar-refractivity contribution in [3.05, 3.63) is 59.7 Å². The molecule has 1 N–H and O–H groups in total. The molecule has 0 aliphatic heterocycles. The van der Waals surface area contributed by atoms with Crippen molar-refractivity contribution in [2.75, 3.05) is 0 Å². The van der Waals surface area contributed by atoms with Crippen molar-refractivity contribution >= 4 is 26.0 Å². The topological polar surface area (TPSA) is 107 Å². The molecule has 0 radical (unpaired) electrons. The van der Waals surface area contributed by atoms with Gasteiger partial charge in [-0.2, -0.15) is 8.42 Å². The Hall–Kier alpha value is -2.23. The molecule has 0 aliphatic rings. The van der Waals surface area contributed by atoms with Gasteiger partial charge in [0.2, 0.25) is 0 Å². The minimum atomic E-state index is -4.20. The second-order valence-corrected chi connectivity index (χ2v) is 9.04. The number of amides is 1. The summed E-state index contributed by atoms with van der Waals surface area (Å²) in [5.41, 5.74) is 1.72. The Morgan fingerprint density at radius 1 is 0.846 bits per heavy atom. The summed E-state index contributed by atoms with van der Waals surface area (Å²) in [6, 6.07) is 11.7. The third-order valence-electron chi connectivity index (χ3n) is 3.52. The van der Waals surface area contributed by atoms with E-state index in [1.165, 1.54) is 24.3 Å². The first-order valence-corrected chi connectivity index (χ1v) is 10.5. The normalized spacial score (nSPS) is 13.2. The molecule has 1 amide bonds. The second kappa shape index (κ2) is 7.56. The van der Waals surface area contributed by atoms with E-state index in [9.17, 15) is 21.6 Å². The lowest BCUT2D eigenvalue weighted by Crippen LogP contribution is -2.39. The molecule has 0 aliphatic carbocycles. The molecule has 2 aromatic rings. The fourth-order valence-electron chi connectivity index (χ4n) is 1.99. The maximum Gasteiger partial charge on any atom is 0.297 e. The molecule has 26 heavy (non-hydrogen) atoms. The predicted octanol–water partition coefficient (Wildman–Crippen LogP) is 1.90. The van der Waals surface area contributed by atoms with Gasteiger partial charge in [0.1, 0.15) is 0 Å². The molecule has 7 nitrogen and oxygen atoms in total. The van der Waals surface area contributed by atoms with Gasteiger partial charge in [-0.1, -0.05) is 35.4 Å². The lowest BCUT2D eigenvalue weighted by atomic mass is 10.2. The molecule has 0 heterocycles. The Labute approximate surface area is 153 Å². The van der Waals surface area contributed by atoms with Crippen molar-refractivity contribution < 1.29 is 25.8 Å². The van der Waals surface area contributed by atoms with E-state index < -0.39 is 32.2 Å². The summed E-state index contributed by atoms with van der Waals surface area (Å²) >= 11 is 0. The van der Waals surface area contributed by atoms with Crippen LogP contribution in [0.2, 0.25) is 0 Å². The smallest absolute Gasteiger partial charge is 0.271 e. The van der Waals surface area contributed by atoms with E-state index in [0.717, 1.165) is 18.1 Å². The van der Waals surface area contributed by atoms with Crippen molar-refractivity contribution in [1.82, 2.24) is 4.72 Å². The summed E-state index contributed by atoms with van der Waals surface area (Å²) in [6.07, 6.45) is -1.53. The van der Waals surface area contributed by atoms with Gasteiger partial charge in [0, 0.05) is 0 Å². The van der Waals surface area contributed by atoms with Crippen LogP contribution in [-0.2, 0) is 29.1 Å². The summed E-state index contributed by atoms with van der Waals surface area (Å²) < 4.78 is 55.4. The van der Waals surface area contributed by atoms with E-state index in [0.29, 0.717) is 0 Å². The van der Waals surface area contributed by atoms with Crippen LogP contribution in [0.5, 0.6) is 0 Å². The highest BCUT2D eigenvalue weighted by atomic mass is 32.2. The SMILES string of the molecule is Cc1ccc(S(=O)(=O)NC(=O)[C@@H](C)OS(=O)(=O)c2ccc(C)cc2)cc1. The predicted molar refractivity (Wildman–Crippen MR) is 95.4 cm³/mol. The van der Waals surface area contributed by atoms with E-state index in [-0.39, 0.29) is 9.79 Å². The molecule has 0 bridgehead atoms. The number of hydrogen-bond donors (Lipinski definition) is 1. The van der Waals surface area contributed by atoms with Crippen LogP contribution in [0.4, 0.5) is 0 Å². The summed E-state index contributed by atoms with van der Waals surface area (Å²) in [7, 11) is -8.32. The van der Waals surface area contributed by atoms with Gasteiger partial charge >= 0.3 is 0 Å². The van der Waals surface area contributed by atoms with E-state index in [2.05, 4.69) is 0 Å². The minimum absolute atomic E-state index is 0.106. The molecular formula is C17H19NO6S2. The van der Waals surface area contributed by atoms with Gasteiger partial charge in [-0.05, 0) is 45.0 Å². The fourth-order valence-corrected chi connectivity index (χ4v) is 4.08. The molecule has 0 unspecified atom stereocenters. The molecule has 0 fully saturated rings. The zero-order valence-corrected chi connectivity index (χ0v) is 16.1. The van der Waals surface area contributed by atoms with Gasteiger partial charge in [-0.3, -0.25) is 8.98 Å². The van der Waals surface area contributed by atoms with Crippen molar-refractivity contribution in [1.29, 1.82) is 0 Å². The molecule has 0 saturated heterocycles. The van der Waals surface area contributed by atoms with Gasteiger partial charge in [-0.15, -0.1) is 0 Å². The number of hydrogen-bond acceptors (Lipinski definition) is 6. The van der Waals surface area contributed by atoms with Crippen molar-refractivity contribution in [2.24, 2.45) is 0 Å². The lowest BCUT2D eigenvalue weighted by Gasteiger charge is -2.14. The van der Waals surface area contributed by atoms with Crippen LogP contribution in [0.15, 0.2) is 58.3 Å². The number of aryl methyl sites for hydroxylation is 2. The summed E-state index contributed by atoms with van der Waals surface area (Å²) in [4.78, 5) is 11.9. The molecular weight excluding hydrogens is 378 g/mol. The number of rotatable bonds is 6. The van der Waals surface area contributed by atoms with Crippen molar-refractivity contribution in [3.8, 4) is 0 Å². The molecule has 9 heteroatoms. The van der Waals surface area contributed by atoms with E-state index in [1.807, 2.05) is 4.72 Å². The van der Waals surface area contributed by atoms with E-state index in [4.69, 9.17) is 4.18 Å². The van der Waals surface area contributed by atoms with Gasteiger partial charge in [0.25, 0.3) is 26.0 Å². The Morgan fingerprint density at radius 3 is 1.73 bits per heavy atom. The summed E-state index contributed by atoms with van der Waals surface area (Å²) in [6.45, 7) is 4.75. The molecule has 140 valence electrons. The monoisotopic (exact) mass is 397 g/mol. The molecule has 0 saturated carbocycles. The molecule has 0 aromatic heterocycles. The Bertz CT molecular complexity index is 994. The first-order chi connectivity index (χ1) is 12.0. The zero-order chi connectivity index (χ0) is 19.5. The molecule has 1 atom stereocenters. The quantitative estimate of drug-likeness (QED) is 0.746. The Morgan fingerprint density at radius 2 is 1.27 bits per heavy atom. The fraction of sp³-hybridized carbons (Fsp3) is 0.235. The number of benzene rings is 2. The second-order valence-electron chi connectivity index (χ2n) is 5.79. The Balaban J connectivity index is 2.11. The minimum Gasteiger partial charge on any atom is -0.271 e. The maximum absolute atomic E-state index is 12.2. The highest BCUT2D eigenvalue weighted by Crippen LogP contribution is 2.16. The number of nitrogens with one attached hydrogen (secondary N) is 1. The third kappa shape index (κ3) is 4.90. The number of sulfonamides is 1. The van der Waals surface area contributed by atoms with Crippen LogP contribution in [0.1, 0.15) is 18.1 Å². The van der Waals surface area contributed by atoms with Crippen LogP contribution in [-0.4, -0.2) is 28.8 Å². The number of carbonyl (C=O) groups is 1. The van der Waals surface area contributed by atoms with Gasteiger partial charge < -0.3 is 0 Å². The lowest BCUT2D eigenvalue weighted by molar-refractivity contribution is -0.125. The van der Waals surface area contributed by atoms with Crippen molar-refractivity contribution in [2.45, 2.75) is 36.7 Å². The van der Waals surface area contributed by atoms with Gasteiger partial charge in [0.15, 0.2) is 6.10 Å². The third-order valence-corrected chi connectivity index (χ3v) is 6.27.